The fourth-order valence-electron chi connectivity index (χ4n) is 4.21. The van der Waals surface area contributed by atoms with Gasteiger partial charge in [0.2, 0.25) is 0 Å². The molecule has 4 rings (SSSR count). The number of likely N-dealkylation sites (N-methyl/N-ethyl adjacent to an activating group) is 1. The molecule has 0 radical (unpaired) electrons. The molecule has 2 aliphatic rings. The van der Waals surface area contributed by atoms with E-state index in [1.165, 1.54) is 67.0 Å². The molecule has 2 fully saturated rings. The lowest BCUT2D eigenvalue weighted by Crippen LogP contribution is -2.44. The summed E-state index contributed by atoms with van der Waals surface area (Å²) in [7, 11) is 2.22. The fourth-order valence-corrected chi connectivity index (χ4v) is 4.21. The van der Waals surface area contributed by atoms with Gasteiger partial charge in [-0.05, 0) is 68.1 Å². The third-order valence-corrected chi connectivity index (χ3v) is 6.31. The van der Waals surface area contributed by atoms with Gasteiger partial charge < -0.3 is 4.90 Å². The van der Waals surface area contributed by atoms with Crippen molar-refractivity contribution in [3.63, 3.8) is 0 Å². The first kappa shape index (κ1) is 19.6. The molecule has 2 heterocycles. The Morgan fingerprint density at radius 1 is 0.964 bits per heavy atom. The van der Waals surface area contributed by atoms with Crippen LogP contribution in [0.3, 0.4) is 0 Å². The molecule has 0 spiro atoms. The van der Waals surface area contributed by atoms with E-state index in [1.54, 1.807) is 0 Å². The van der Waals surface area contributed by atoms with Crippen molar-refractivity contribution < 1.29 is 0 Å². The Morgan fingerprint density at radius 3 is 2.39 bits per heavy atom. The lowest BCUT2D eigenvalue weighted by Gasteiger charge is -2.33. The Morgan fingerprint density at radius 2 is 1.71 bits per heavy atom. The Kier molecular flexibility index (Phi) is 6.10. The summed E-state index contributed by atoms with van der Waals surface area (Å²) in [5.41, 5.74) is 7.02. The van der Waals surface area contributed by atoms with Crippen molar-refractivity contribution in [2.45, 2.75) is 52.4 Å². The number of pyridine rings is 1. The molecule has 0 unspecified atom stereocenters. The van der Waals surface area contributed by atoms with Crippen molar-refractivity contribution in [3.8, 4) is 0 Å². The van der Waals surface area contributed by atoms with Crippen LogP contribution in [0.5, 0.6) is 0 Å². The van der Waals surface area contributed by atoms with Crippen LogP contribution in [0.25, 0.3) is 0 Å². The number of aryl methyl sites for hydroxylation is 2. The normalized spacial score (nSPS) is 18.7. The highest BCUT2D eigenvalue weighted by Crippen LogP contribution is 2.31. The van der Waals surface area contributed by atoms with E-state index >= 15 is 0 Å². The maximum atomic E-state index is 4.56. The largest absolute Gasteiger partial charge is 0.304 e. The molecular weight excluding hydrogens is 344 g/mol. The van der Waals surface area contributed by atoms with Gasteiger partial charge >= 0.3 is 0 Å². The van der Waals surface area contributed by atoms with Crippen molar-refractivity contribution in [1.29, 1.82) is 0 Å². The number of rotatable bonds is 7. The second kappa shape index (κ2) is 8.73. The molecule has 1 aromatic heterocycles. The van der Waals surface area contributed by atoms with Gasteiger partial charge in [-0.25, -0.2) is 0 Å². The SMILES string of the molecule is Cc1cc(C)c(CN(Cc2ccccn2)C2CC2)cc1CN1CCN(C)CC1. The minimum atomic E-state index is 0.726. The van der Waals surface area contributed by atoms with Crippen molar-refractivity contribution in [1.82, 2.24) is 19.7 Å². The van der Waals surface area contributed by atoms with E-state index in [2.05, 4.69) is 64.8 Å². The molecule has 2 aromatic rings. The second-order valence-corrected chi connectivity index (χ2v) is 8.74. The fraction of sp³-hybridized carbons (Fsp3) is 0.542. The molecule has 1 aliphatic heterocycles. The first-order valence-corrected chi connectivity index (χ1v) is 10.7. The van der Waals surface area contributed by atoms with Crippen molar-refractivity contribution in [2.75, 3.05) is 33.2 Å². The maximum absolute atomic E-state index is 4.56. The quantitative estimate of drug-likeness (QED) is 0.734. The number of benzene rings is 1. The van der Waals surface area contributed by atoms with Gasteiger partial charge in [-0.2, -0.15) is 0 Å². The average Bonchev–Trinajstić information content (AvgIpc) is 3.53. The highest BCUT2D eigenvalue weighted by molar-refractivity contribution is 5.37. The first-order chi connectivity index (χ1) is 13.6. The number of piperazine rings is 1. The first-order valence-electron chi connectivity index (χ1n) is 10.7. The molecule has 0 atom stereocenters. The zero-order chi connectivity index (χ0) is 19.5. The lowest BCUT2D eigenvalue weighted by molar-refractivity contribution is 0.148. The second-order valence-electron chi connectivity index (χ2n) is 8.74. The molecule has 0 amide bonds. The van der Waals surface area contributed by atoms with Crippen LogP contribution in [0.15, 0.2) is 36.5 Å². The summed E-state index contributed by atoms with van der Waals surface area (Å²) in [6, 6.07) is 11.8. The maximum Gasteiger partial charge on any atom is 0.0544 e. The van der Waals surface area contributed by atoms with Gasteiger partial charge in [0.1, 0.15) is 0 Å². The van der Waals surface area contributed by atoms with Gasteiger partial charge in [-0.15, -0.1) is 0 Å². The highest BCUT2D eigenvalue weighted by Gasteiger charge is 2.29. The van der Waals surface area contributed by atoms with Crippen molar-refractivity contribution in [3.05, 3.63) is 64.5 Å². The van der Waals surface area contributed by atoms with E-state index in [4.69, 9.17) is 0 Å². The van der Waals surface area contributed by atoms with Gasteiger partial charge in [0.05, 0.1) is 5.69 Å². The monoisotopic (exact) mass is 378 g/mol. The molecule has 0 N–H and O–H groups in total. The molecule has 4 heteroatoms. The molecule has 1 saturated heterocycles. The third kappa shape index (κ3) is 4.99. The van der Waals surface area contributed by atoms with E-state index in [-0.39, 0.29) is 0 Å². The topological polar surface area (TPSA) is 22.6 Å². The van der Waals surface area contributed by atoms with Crippen LogP contribution in [0.1, 0.15) is 40.8 Å². The number of nitrogens with zero attached hydrogens (tertiary/aromatic N) is 4. The van der Waals surface area contributed by atoms with E-state index in [1.807, 2.05) is 12.3 Å². The van der Waals surface area contributed by atoms with Gasteiger partial charge in [-0.3, -0.25) is 14.8 Å². The molecule has 4 nitrogen and oxygen atoms in total. The summed E-state index contributed by atoms with van der Waals surface area (Å²) in [6.07, 6.45) is 4.56. The molecule has 1 saturated carbocycles. The number of aromatic nitrogens is 1. The van der Waals surface area contributed by atoms with Gasteiger partial charge in [0, 0.05) is 58.1 Å². The number of hydrogen-bond acceptors (Lipinski definition) is 4. The van der Waals surface area contributed by atoms with Crippen LogP contribution in [0.2, 0.25) is 0 Å². The third-order valence-electron chi connectivity index (χ3n) is 6.31. The van der Waals surface area contributed by atoms with Crippen LogP contribution in [0.4, 0.5) is 0 Å². The Hall–Kier alpha value is -1.75. The number of hydrogen-bond donors (Lipinski definition) is 0. The van der Waals surface area contributed by atoms with Crippen LogP contribution >= 0.6 is 0 Å². The van der Waals surface area contributed by atoms with E-state index in [0.29, 0.717) is 0 Å². The molecular formula is C24H34N4. The van der Waals surface area contributed by atoms with E-state index in [9.17, 15) is 0 Å². The zero-order valence-electron chi connectivity index (χ0n) is 17.7. The van der Waals surface area contributed by atoms with Crippen molar-refractivity contribution >= 4 is 0 Å². The highest BCUT2D eigenvalue weighted by atomic mass is 15.2. The van der Waals surface area contributed by atoms with Crippen molar-refractivity contribution in [2.24, 2.45) is 0 Å². The minimum Gasteiger partial charge on any atom is -0.304 e. The summed E-state index contributed by atoms with van der Waals surface area (Å²) in [5, 5.41) is 0. The summed E-state index contributed by atoms with van der Waals surface area (Å²) in [4.78, 5) is 12.2. The smallest absolute Gasteiger partial charge is 0.0544 e. The van der Waals surface area contributed by atoms with Gasteiger partial charge in [-0.1, -0.05) is 18.2 Å². The molecule has 1 aromatic carbocycles. The summed E-state index contributed by atoms with van der Waals surface area (Å²) >= 11 is 0. The van der Waals surface area contributed by atoms with Crippen LogP contribution in [-0.2, 0) is 19.6 Å². The van der Waals surface area contributed by atoms with Crippen LogP contribution in [0, 0.1) is 13.8 Å². The predicted octanol–water partition coefficient (Wildman–Crippen LogP) is 3.61. The molecule has 0 bridgehead atoms. The van der Waals surface area contributed by atoms with E-state index < -0.39 is 0 Å². The molecule has 28 heavy (non-hydrogen) atoms. The molecule has 150 valence electrons. The summed E-state index contributed by atoms with van der Waals surface area (Å²) in [6.45, 7) is 12.3. The predicted molar refractivity (Wildman–Crippen MR) is 115 cm³/mol. The van der Waals surface area contributed by atoms with Gasteiger partial charge in [0.25, 0.3) is 0 Å². The Balaban J connectivity index is 1.48. The minimum absolute atomic E-state index is 0.726. The van der Waals surface area contributed by atoms with Gasteiger partial charge in [0.15, 0.2) is 0 Å². The summed E-state index contributed by atoms with van der Waals surface area (Å²) < 4.78 is 0. The van der Waals surface area contributed by atoms with Crippen LogP contribution in [-0.4, -0.2) is 59.0 Å². The van der Waals surface area contributed by atoms with E-state index in [0.717, 1.165) is 25.7 Å². The Bertz CT molecular complexity index is 777. The average molecular weight is 379 g/mol. The van der Waals surface area contributed by atoms with Crippen LogP contribution < -0.4 is 0 Å². The molecule has 1 aliphatic carbocycles. The zero-order valence-corrected chi connectivity index (χ0v) is 17.7. The Labute approximate surface area is 170 Å². The standard InChI is InChI=1S/C24H34N4/c1-19-14-20(2)22(15-21(19)16-27-12-10-26(3)11-13-27)17-28(24-7-8-24)18-23-6-4-5-9-25-23/h4-6,9,14-15,24H,7-8,10-13,16-18H2,1-3H3. The lowest BCUT2D eigenvalue weighted by atomic mass is 9.98. The summed E-state index contributed by atoms with van der Waals surface area (Å²) in [5.74, 6) is 0.